The van der Waals surface area contributed by atoms with E-state index in [1.807, 2.05) is 26.0 Å². The van der Waals surface area contributed by atoms with Crippen LogP contribution in [-0.4, -0.2) is 10.2 Å². The predicted molar refractivity (Wildman–Crippen MR) is 77.2 cm³/mol. The SMILES string of the molecule is CC(C)(c1cccc(O)c1N)c1cccc(O)c1N. The van der Waals surface area contributed by atoms with Gasteiger partial charge in [-0.15, -0.1) is 0 Å². The molecule has 0 saturated heterocycles. The molecule has 6 N–H and O–H groups in total. The van der Waals surface area contributed by atoms with Gasteiger partial charge in [0.05, 0.1) is 11.4 Å². The summed E-state index contributed by atoms with van der Waals surface area (Å²) in [6.07, 6.45) is 0. The van der Waals surface area contributed by atoms with Gasteiger partial charge in [0, 0.05) is 5.41 Å². The molecule has 2 rings (SSSR count). The molecule has 0 heterocycles. The Kier molecular flexibility index (Phi) is 3.02. The highest BCUT2D eigenvalue weighted by atomic mass is 16.3. The van der Waals surface area contributed by atoms with E-state index in [0.717, 1.165) is 11.1 Å². The molecule has 0 aliphatic rings. The van der Waals surface area contributed by atoms with Crippen molar-refractivity contribution in [1.29, 1.82) is 0 Å². The molecule has 4 nitrogen and oxygen atoms in total. The number of anilines is 2. The van der Waals surface area contributed by atoms with Gasteiger partial charge >= 0.3 is 0 Å². The highest BCUT2D eigenvalue weighted by molar-refractivity contribution is 5.67. The molecule has 0 fully saturated rings. The molecule has 4 heteroatoms. The van der Waals surface area contributed by atoms with Crippen molar-refractivity contribution in [1.82, 2.24) is 0 Å². The largest absolute Gasteiger partial charge is 0.506 e. The van der Waals surface area contributed by atoms with Crippen molar-refractivity contribution < 1.29 is 10.2 Å². The van der Waals surface area contributed by atoms with E-state index in [1.54, 1.807) is 24.3 Å². The normalized spacial score (nSPS) is 11.5. The number of phenols is 2. The van der Waals surface area contributed by atoms with Crippen molar-refractivity contribution in [3.05, 3.63) is 47.5 Å². The highest BCUT2D eigenvalue weighted by Crippen LogP contribution is 2.42. The van der Waals surface area contributed by atoms with Crippen LogP contribution in [0, 0.1) is 0 Å². The Hall–Kier alpha value is -2.36. The van der Waals surface area contributed by atoms with Crippen molar-refractivity contribution in [3.63, 3.8) is 0 Å². The molecule has 0 aliphatic heterocycles. The molecule has 0 amide bonds. The van der Waals surface area contributed by atoms with Crippen molar-refractivity contribution in [2.24, 2.45) is 0 Å². The Morgan fingerprint density at radius 3 is 1.53 bits per heavy atom. The monoisotopic (exact) mass is 258 g/mol. The van der Waals surface area contributed by atoms with Gasteiger partial charge in [0.1, 0.15) is 11.5 Å². The Labute approximate surface area is 112 Å². The van der Waals surface area contributed by atoms with Crippen LogP contribution in [0.1, 0.15) is 25.0 Å². The zero-order valence-electron chi connectivity index (χ0n) is 11.0. The van der Waals surface area contributed by atoms with Crippen molar-refractivity contribution >= 4 is 11.4 Å². The summed E-state index contributed by atoms with van der Waals surface area (Å²) in [5.41, 5.74) is 13.6. The summed E-state index contributed by atoms with van der Waals surface area (Å²) >= 11 is 0. The smallest absolute Gasteiger partial charge is 0.138 e. The summed E-state index contributed by atoms with van der Waals surface area (Å²) in [4.78, 5) is 0. The lowest BCUT2D eigenvalue weighted by Gasteiger charge is -2.29. The molecule has 0 atom stereocenters. The van der Waals surface area contributed by atoms with Crippen LogP contribution in [0.15, 0.2) is 36.4 Å². The van der Waals surface area contributed by atoms with E-state index in [9.17, 15) is 10.2 Å². The lowest BCUT2D eigenvalue weighted by atomic mass is 9.76. The lowest BCUT2D eigenvalue weighted by Crippen LogP contribution is -2.22. The lowest BCUT2D eigenvalue weighted by molar-refractivity contribution is 0.473. The summed E-state index contributed by atoms with van der Waals surface area (Å²) < 4.78 is 0. The van der Waals surface area contributed by atoms with Crippen molar-refractivity contribution in [2.75, 3.05) is 11.5 Å². The van der Waals surface area contributed by atoms with Crippen molar-refractivity contribution in [3.8, 4) is 11.5 Å². The molecule has 0 radical (unpaired) electrons. The van der Waals surface area contributed by atoms with E-state index in [-0.39, 0.29) is 11.5 Å². The van der Waals surface area contributed by atoms with Crippen LogP contribution in [-0.2, 0) is 5.41 Å². The minimum Gasteiger partial charge on any atom is -0.506 e. The number of para-hydroxylation sites is 2. The van der Waals surface area contributed by atoms with Crippen LogP contribution in [0.3, 0.4) is 0 Å². The first-order valence-electron chi connectivity index (χ1n) is 6.01. The fourth-order valence-electron chi connectivity index (χ4n) is 2.34. The van der Waals surface area contributed by atoms with Crippen LogP contribution in [0.4, 0.5) is 11.4 Å². The quantitative estimate of drug-likeness (QED) is 0.492. The maximum atomic E-state index is 9.73. The fraction of sp³-hybridized carbons (Fsp3) is 0.200. The molecule has 2 aromatic carbocycles. The number of aromatic hydroxyl groups is 2. The molecule has 100 valence electrons. The van der Waals surface area contributed by atoms with E-state index in [1.165, 1.54) is 0 Å². The van der Waals surface area contributed by atoms with Gasteiger partial charge in [-0.25, -0.2) is 0 Å². The Morgan fingerprint density at radius 2 is 1.16 bits per heavy atom. The average molecular weight is 258 g/mol. The first-order chi connectivity index (χ1) is 8.85. The third kappa shape index (κ3) is 2.05. The molecule has 0 bridgehead atoms. The number of rotatable bonds is 2. The van der Waals surface area contributed by atoms with Gasteiger partial charge in [-0.1, -0.05) is 38.1 Å². The zero-order chi connectivity index (χ0) is 14.2. The molecule has 19 heavy (non-hydrogen) atoms. The van der Waals surface area contributed by atoms with Gasteiger partial charge in [-0.2, -0.15) is 0 Å². The molecule has 0 spiro atoms. The van der Waals surface area contributed by atoms with Gasteiger partial charge in [0.2, 0.25) is 0 Å². The van der Waals surface area contributed by atoms with Crippen LogP contribution in [0.25, 0.3) is 0 Å². The van der Waals surface area contributed by atoms with E-state index in [4.69, 9.17) is 11.5 Å². The molecule has 0 aromatic heterocycles. The second-order valence-corrected chi connectivity index (χ2v) is 5.10. The zero-order valence-corrected chi connectivity index (χ0v) is 11.0. The van der Waals surface area contributed by atoms with Gasteiger partial charge in [-0.3, -0.25) is 0 Å². The first kappa shape index (κ1) is 13.1. The summed E-state index contributed by atoms with van der Waals surface area (Å²) in [7, 11) is 0. The fourth-order valence-corrected chi connectivity index (χ4v) is 2.34. The van der Waals surface area contributed by atoms with E-state index >= 15 is 0 Å². The average Bonchev–Trinajstić information content (AvgIpc) is 2.35. The summed E-state index contributed by atoms with van der Waals surface area (Å²) in [6, 6.07) is 10.3. The second kappa shape index (κ2) is 4.39. The van der Waals surface area contributed by atoms with Crippen LogP contribution in [0.5, 0.6) is 11.5 Å². The predicted octanol–water partition coefficient (Wildman–Crippen LogP) is 2.59. The summed E-state index contributed by atoms with van der Waals surface area (Å²) in [5.74, 6) is 0.0913. The molecule has 0 aliphatic carbocycles. The third-order valence-corrected chi connectivity index (χ3v) is 3.51. The van der Waals surface area contributed by atoms with E-state index < -0.39 is 5.41 Å². The Bertz CT molecular complexity index is 568. The van der Waals surface area contributed by atoms with Gasteiger partial charge in [0.15, 0.2) is 0 Å². The molecule has 0 saturated carbocycles. The Balaban J connectivity index is 2.65. The number of nitrogen functional groups attached to an aromatic ring is 2. The number of hydrogen-bond donors (Lipinski definition) is 4. The van der Waals surface area contributed by atoms with Crippen LogP contribution < -0.4 is 11.5 Å². The topological polar surface area (TPSA) is 92.5 Å². The van der Waals surface area contributed by atoms with Gasteiger partial charge in [-0.05, 0) is 23.3 Å². The third-order valence-electron chi connectivity index (χ3n) is 3.51. The maximum Gasteiger partial charge on any atom is 0.138 e. The minimum absolute atomic E-state index is 0.0456. The van der Waals surface area contributed by atoms with Gasteiger partial charge < -0.3 is 21.7 Å². The molecule has 2 aromatic rings. The summed E-state index contributed by atoms with van der Waals surface area (Å²) in [6.45, 7) is 3.90. The minimum atomic E-state index is -0.522. The molecule has 0 unspecified atom stereocenters. The Morgan fingerprint density at radius 1 is 0.789 bits per heavy atom. The molecular weight excluding hydrogens is 240 g/mol. The summed E-state index contributed by atoms with van der Waals surface area (Å²) in [5, 5.41) is 19.5. The first-order valence-corrected chi connectivity index (χ1v) is 6.01. The van der Waals surface area contributed by atoms with Gasteiger partial charge in [0.25, 0.3) is 0 Å². The number of nitrogens with two attached hydrogens (primary N) is 2. The number of phenolic OH excluding ortho intramolecular Hbond substituents is 2. The number of hydrogen-bond acceptors (Lipinski definition) is 4. The number of benzene rings is 2. The standard InChI is InChI=1S/C15H18N2O2/c1-15(2,9-5-3-7-11(18)13(9)16)10-6-4-8-12(19)14(10)17/h3-8,18-19H,16-17H2,1-2H3. The highest BCUT2D eigenvalue weighted by Gasteiger charge is 2.29. The molecular formula is C15H18N2O2. The van der Waals surface area contributed by atoms with E-state index in [2.05, 4.69) is 0 Å². The maximum absolute atomic E-state index is 9.73. The van der Waals surface area contributed by atoms with E-state index in [0.29, 0.717) is 11.4 Å². The second-order valence-electron chi connectivity index (χ2n) is 5.10. The van der Waals surface area contributed by atoms with Crippen LogP contribution in [0.2, 0.25) is 0 Å². The van der Waals surface area contributed by atoms with Crippen LogP contribution >= 0.6 is 0 Å². The van der Waals surface area contributed by atoms with Crippen molar-refractivity contribution in [2.45, 2.75) is 19.3 Å².